The fraction of sp³-hybridized carbons (Fsp3) is 0.467. The number of amides is 1. The number of benzene rings is 1. The summed E-state index contributed by atoms with van der Waals surface area (Å²) in [4.78, 5) is 24.1. The summed E-state index contributed by atoms with van der Waals surface area (Å²) in [6.45, 7) is 5.99. The van der Waals surface area contributed by atoms with Crippen molar-refractivity contribution in [3.05, 3.63) is 30.1 Å². The Morgan fingerprint density at radius 3 is 2.86 bits per heavy atom. The predicted molar refractivity (Wildman–Crippen MR) is 80.2 cm³/mol. The van der Waals surface area contributed by atoms with Gasteiger partial charge in [0, 0.05) is 50.9 Å². The number of aromatic amines is 1. The van der Waals surface area contributed by atoms with Crippen LogP contribution in [0.3, 0.4) is 0 Å². The molecule has 2 fully saturated rings. The van der Waals surface area contributed by atoms with Gasteiger partial charge in [-0.15, -0.1) is 0 Å². The van der Waals surface area contributed by atoms with Crippen LogP contribution in [0.15, 0.2) is 24.5 Å². The first-order chi connectivity index (χ1) is 10.3. The van der Waals surface area contributed by atoms with E-state index in [1.807, 2.05) is 23.1 Å². The van der Waals surface area contributed by atoms with Gasteiger partial charge in [-0.3, -0.25) is 9.69 Å². The highest BCUT2D eigenvalue weighted by Gasteiger charge is 2.35. The van der Waals surface area contributed by atoms with Crippen LogP contribution in [0.1, 0.15) is 10.4 Å². The van der Waals surface area contributed by atoms with Crippen LogP contribution >= 0.6 is 0 Å². The number of piperazine rings is 1. The fourth-order valence-electron chi connectivity index (χ4n) is 3.15. The second-order valence-electron chi connectivity index (χ2n) is 5.78. The Labute approximate surface area is 123 Å². The molecule has 0 spiro atoms. The fourth-order valence-corrected chi connectivity index (χ4v) is 3.15. The molecule has 2 N–H and O–H groups in total. The van der Waals surface area contributed by atoms with Gasteiger partial charge in [0.15, 0.2) is 0 Å². The van der Waals surface area contributed by atoms with E-state index < -0.39 is 0 Å². The lowest BCUT2D eigenvalue weighted by atomic mass is 10.0. The highest BCUT2D eigenvalue weighted by atomic mass is 16.2. The molecule has 1 amide bonds. The molecule has 21 heavy (non-hydrogen) atoms. The van der Waals surface area contributed by atoms with Gasteiger partial charge in [-0.05, 0) is 18.2 Å². The molecule has 0 atom stereocenters. The average Bonchev–Trinajstić information content (AvgIpc) is 2.94. The minimum Gasteiger partial charge on any atom is -0.345 e. The monoisotopic (exact) mass is 285 g/mol. The Balaban J connectivity index is 1.42. The Morgan fingerprint density at radius 1 is 1.24 bits per heavy atom. The van der Waals surface area contributed by atoms with E-state index in [-0.39, 0.29) is 5.91 Å². The van der Waals surface area contributed by atoms with Gasteiger partial charge < -0.3 is 15.2 Å². The summed E-state index contributed by atoms with van der Waals surface area (Å²) in [5.74, 6) is 0.123. The number of aromatic nitrogens is 2. The molecule has 0 bridgehead atoms. The highest BCUT2D eigenvalue weighted by molar-refractivity contribution is 5.97. The third-order valence-corrected chi connectivity index (χ3v) is 4.48. The standard InChI is InChI=1S/C15H19N5O/c21-15(11-1-2-13-14(7-11)18-10-17-13)20-8-12(9-20)19-5-3-16-4-6-19/h1-2,7,10,12,16H,3-6,8-9H2,(H,17,18). The number of hydrogen-bond donors (Lipinski definition) is 2. The van der Waals surface area contributed by atoms with Crippen molar-refractivity contribution >= 4 is 16.9 Å². The van der Waals surface area contributed by atoms with Gasteiger partial charge in [0.05, 0.1) is 17.4 Å². The largest absolute Gasteiger partial charge is 0.345 e. The summed E-state index contributed by atoms with van der Waals surface area (Å²) in [6, 6.07) is 6.19. The minimum absolute atomic E-state index is 0.123. The van der Waals surface area contributed by atoms with E-state index in [2.05, 4.69) is 20.2 Å². The Morgan fingerprint density at radius 2 is 2.05 bits per heavy atom. The van der Waals surface area contributed by atoms with Crippen LogP contribution in [0.5, 0.6) is 0 Å². The Hall–Kier alpha value is -1.92. The van der Waals surface area contributed by atoms with Crippen molar-refractivity contribution < 1.29 is 4.79 Å². The molecule has 6 heteroatoms. The average molecular weight is 285 g/mol. The molecule has 3 heterocycles. The topological polar surface area (TPSA) is 64.3 Å². The molecule has 2 aromatic rings. The van der Waals surface area contributed by atoms with E-state index in [1.165, 1.54) is 0 Å². The second-order valence-corrected chi connectivity index (χ2v) is 5.78. The summed E-state index contributed by atoms with van der Waals surface area (Å²) in [5.41, 5.74) is 2.55. The van der Waals surface area contributed by atoms with E-state index in [1.54, 1.807) is 6.33 Å². The Bertz CT molecular complexity index is 655. The van der Waals surface area contributed by atoms with Crippen molar-refractivity contribution in [2.24, 2.45) is 0 Å². The van der Waals surface area contributed by atoms with E-state index in [4.69, 9.17) is 0 Å². The number of carbonyl (C=O) groups excluding carboxylic acids is 1. The van der Waals surface area contributed by atoms with Crippen LogP contribution in [0.25, 0.3) is 11.0 Å². The Kier molecular flexibility index (Phi) is 3.12. The normalized spacial score (nSPS) is 20.7. The van der Waals surface area contributed by atoms with Gasteiger partial charge >= 0.3 is 0 Å². The van der Waals surface area contributed by atoms with Crippen LogP contribution in [-0.2, 0) is 0 Å². The van der Waals surface area contributed by atoms with Crippen LogP contribution in [0.2, 0.25) is 0 Å². The number of H-pyrrole nitrogens is 1. The zero-order valence-corrected chi connectivity index (χ0v) is 11.9. The van der Waals surface area contributed by atoms with Crippen LogP contribution in [0.4, 0.5) is 0 Å². The number of hydrogen-bond acceptors (Lipinski definition) is 4. The highest BCUT2D eigenvalue weighted by Crippen LogP contribution is 2.20. The number of carbonyl (C=O) groups is 1. The van der Waals surface area contributed by atoms with Crippen molar-refractivity contribution in [1.82, 2.24) is 25.1 Å². The summed E-state index contributed by atoms with van der Waals surface area (Å²) >= 11 is 0. The maximum Gasteiger partial charge on any atom is 0.254 e. The number of likely N-dealkylation sites (tertiary alicyclic amines) is 1. The number of fused-ring (bicyclic) bond motifs is 1. The quantitative estimate of drug-likeness (QED) is 0.832. The number of nitrogens with zero attached hydrogens (tertiary/aromatic N) is 3. The molecule has 0 saturated carbocycles. The second kappa shape index (κ2) is 5.13. The van der Waals surface area contributed by atoms with Crippen LogP contribution in [0, 0.1) is 0 Å². The number of imidazole rings is 1. The molecule has 2 aliphatic rings. The lowest BCUT2D eigenvalue weighted by Crippen LogP contribution is -2.63. The molecule has 2 aliphatic heterocycles. The van der Waals surface area contributed by atoms with Crippen molar-refractivity contribution in [3.8, 4) is 0 Å². The SMILES string of the molecule is O=C(c1ccc2nc[nH]c2c1)N1CC(N2CCNCC2)C1. The van der Waals surface area contributed by atoms with Gasteiger partial charge in [0.2, 0.25) is 0 Å². The van der Waals surface area contributed by atoms with Gasteiger partial charge in [-0.25, -0.2) is 4.98 Å². The summed E-state index contributed by atoms with van der Waals surface area (Å²) in [6.07, 6.45) is 1.66. The molecular weight excluding hydrogens is 266 g/mol. The van der Waals surface area contributed by atoms with E-state index in [9.17, 15) is 4.79 Å². The zero-order chi connectivity index (χ0) is 14.2. The first kappa shape index (κ1) is 12.8. The lowest BCUT2D eigenvalue weighted by Gasteiger charge is -2.46. The summed E-state index contributed by atoms with van der Waals surface area (Å²) < 4.78 is 0. The molecule has 0 unspecified atom stereocenters. The van der Waals surface area contributed by atoms with E-state index in [0.29, 0.717) is 6.04 Å². The number of rotatable bonds is 2. The van der Waals surface area contributed by atoms with Crippen LogP contribution < -0.4 is 5.32 Å². The summed E-state index contributed by atoms with van der Waals surface area (Å²) in [7, 11) is 0. The van der Waals surface area contributed by atoms with Gasteiger partial charge in [0.1, 0.15) is 0 Å². The maximum atomic E-state index is 12.5. The zero-order valence-electron chi connectivity index (χ0n) is 11.9. The number of nitrogens with one attached hydrogen (secondary N) is 2. The molecule has 2 saturated heterocycles. The maximum absolute atomic E-state index is 12.5. The van der Waals surface area contributed by atoms with Crippen molar-refractivity contribution in [2.45, 2.75) is 6.04 Å². The van der Waals surface area contributed by atoms with Crippen molar-refractivity contribution in [2.75, 3.05) is 39.3 Å². The molecule has 4 rings (SSSR count). The third-order valence-electron chi connectivity index (χ3n) is 4.48. The third kappa shape index (κ3) is 2.30. The molecular formula is C15H19N5O. The first-order valence-corrected chi connectivity index (χ1v) is 7.48. The van der Waals surface area contributed by atoms with Gasteiger partial charge in [0.25, 0.3) is 5.91 Å². The first-order valence-electron chi connectivity index (χ1n) is 7.48. The van der Waals surface area contributed by atoms with Gasteiger partial charge in [-0.2, -0.15) is 0 Å². The summed E-state index contributed by atoms with van der Waals surface area (Å²) in [5, 5.41) is 3.36. The molecule has 1 aromatic carbocycles. The molecule has 1 aromatic heterocycles. The lowest BCUT2D eigenvalue weighted by molar-refractivity contribution is 0.0227. The van der Waals surface area contributed by atoms with Gasteiger partial charge in [-0.1, -0.05) is 0 Å². The smallest absolute Gasteiger partial charge is 0.254 e. The predicted octanol–water partition coefficient (Wildman–Crippen LogP) is 0.292. The minimum atomic E-state index is 0.123. The molecule has 0 radical (unpaired) electrons. The van der Waals surface area contributed by atoms with Crippen molar-refractivity contribution in [1.29, 1.82) is 0 Å². The molecule has 110 valence electrons. The molecule has 0 aliphatic carbocycles. The van der Waals surface area contributed by atoms with E-state index >= 15 is 0 Å². The molecule has 6 nitrogen and oxygen atoms in total. The van der Waals surface area contributed by atoms with E-state index in [0.717, 1.165) is 55.9 Å². The van der Waals surface area contributed by atoms with Crippen molar-refractivity contribution in [3.63, 3.8) is 0 Å². The van der Waals surface area contributed by atoms with Crippen LogP contribution in [-0.4, -0.2) is 71.0 Å².